The molecule has 1 atom stereocenters. The molecular weight excluding hydrogens is 209 g/mol. The van der Waals surface area contributed by atoms with Gasteiger partial charge in [-0.1, -0.05) is 6.07 Å². The zero-order valence-corrected chi connectivity index (χ0v) is 9.03. The fraction of sp³-hybridized carbons (Fsp3) is 0.273. The number of nitrogens with zero attached hydrogens (tertiary/aromatic N) is 2. The fourth-order valence-electron chi connectivity index (χ4n) is 1.76. The first-order valence-corrected chi connectivity index (χ1v) is 4.89. The van der Waals surface area contributed by atoms with E-state index in [1.54, 1.807) is 13.8 Å². The molecule has 0 spiro atoms. The SMILES string of the molecule is Cc1cc(C)c(C(O)c2ncn[nH]2)c(F)c1. The molecule has 84 valence electrons. The number of benzene rings is 1. The second kappa shape index (κ2) is 4.02. The average molecular weight is 221 g/mol. The van der Waals surface area contributed by atoms with Crippen molar-refractivity contribution in [3.63, 3.8) is 0 Å². The molecule has 1 unspecified atom stereocenters. The van der Waals surface area contributed by atoms with Gasteiger partial charge in [-0.25, -0.2) is 9.37 Å². The van der Waals surface area contributed by atoms with Crippen LogP contribution in [0, 0.1) is 19.7 Å². The molecule has 16 heavy (non-hydrogen) atoms. The van der Waals surface area contributed by atoms with Gasteiger partial charge in [0, 0.05) is 5.56 Å². The summed E-state index contributed by atoms with van der Waals surface area (Å²) in [6.45, 7) is 3.56. The van der Waals surface area contributed by atoms with Gasteiger partial charge in [0.15, 0.2) is 5.82 Å². The van der Waals surface area contributed by atoms with Gasteiger partial charge in [-0.3, -0.25) is 5.10 Å². The Morgan fingerprint density at radius 1 is 1.38 bits per heavy atom. The molecule has 0 bridgehead atoms. The number of H-pyrrole nitrogens is 1. The Labute approximate surface area is 92.2 Å². The molecule has 1 aromatic carbocycles. The minimum Gasteiger partial charge on any atom is -0.380 e. The van der Waals surface area contributed by atoms with Crippen molar-refractivity contribution in [2.75, 3.05) is 0 Å². The summed E-state index contributed by atoms with van der Waals surface area (Å²) >= 11 is 0. The van der Waals surface area contributed by atoms with Crippen LogP contribution in [0.4, 0.5) is 4.39 Å². The summed E-state index contributed by atoms with van der Waals surface area (Å²) in [4.78, 5) is 3.81. The maximum atomic E-state index is 13.7. The lowest BCUT2D eigenvalue weighted by Gasteiger charge is -2.13. The minimum atomic E-state index is -1.11. The number of hydrogen-bond donors (Lipinski definition) is 2. The maximum absolute atomic E-state index is 13.7. The highest BCUT2D eigenvalue weighted by molar-refractivity contribution is 5.35. The van der Waals surface area contributed by atoms with Crippen molar-refractivity contribution in [2.45, 2.75) is 20.0 Å². The zero-order chi connectivity index (χ0) is 11.7. The van der Waals surface area contributed by atoms with Crippen LogP contribution in [0.2, 0.25) is 0 Å². The lowest BCUT2D eigenvalue weighted by molar-refractivity contribution is 0.204. The summed E-state index contributed by atoms with van der Waals surface area (Å²) in [5.74, 6) is -0.188. The Hall–Kier alpha value is -1.75. The predicted octanol–water partition coefficient (Wildman–Crippen LogP) is 1.64. The number of aliphatic hydroxyl groups excluding tert-OH is 1. The molecule has 0 aliphatic heterocycles. The van der Waals surface area contributed by atoms with Crippen molar-refractivity contribution in [2.24, 2.45) is 0 Å². The third kappa shape index (κ3) is 1.81. The van der Waals surface area contributed by atoms with Crippen molar-refractivity contribution < 1.29 is 9.50 Å². The smallest absolute Gasteiger partial charge is 0.157 e. The highest BCUT2D eigenvalue weighted by Crippen LogP contribution is 2.25. The van der Waals surface area contributed by atoms with E-state index in [1.165, 1.54) is 12.4 Å². The van der Waals surface area contributed by atoms with Gasteiger partial charge in [-0.2, -0.15) is 5.10 Å². The summed E-state index contributed by atoms with van der Waals surface area (Å²) in [6, 6.07) is 3.21. The molecule has 5 heteroatoms. The normalized spacial score (nSPS) is 12.8. The third-order valence-corrected chi connectivity index (χ3v) is 2.45. The van der Waals surface area contributed by atoms with Crippen LogP contribution in [0.15, 0.2) is 18.5 Å². The number of hydrogen-bond acceptors (Lipinski definition) is 3. The molecule has 0 aliphatic carbocycles. The van der Waals surface area contributed by atoms with Crippen LogP contribution in [-0.4, -0.2) is 20.3 Å². The summed E-state index contributed by atoms with van der Waals surface area (Å²) in [7, 11) is 0. The first-order valence-electron chi connectivity index (χ1n) is 4.89. The van der Waals surface area contributed by atoms with E-state index in [-0.39, 0.29) is 11.4 Å². The van der Waals surface area contributed by atoms with Gasteiger partial charge in [0.1, 0.15) is 18.2 Å². The molecule has 0 fully saturated rings. The van der Waals surface area contributed by atoms with Crippen LogP contribution in [0.25, 0.3) is 0 Å². The monoisotopic (exact) mass is 221 g/mol. The third-order valence-electron chi connectivity index (χ3n) is 2.45. The molecule has 1 heterocycles. The van der Waals surface area contributed by atoms with Crippen LogP contribution in [-0.2, 0) is 0 Å². The van der Waals surface area contributed by atoms with Gasteiger partial charge in [-0.05, 0) is 31.0 Å². The van der Waals surface area contributed by atoms with E-state index in [0.717, 1.165) is 5.56 Å². The second-order valence-electron chi connectivity index (χ2n) is 3.75. The van der Waals surface area contributed by atoms with Crippen molar-refractivity contribution >= 4 is 0 Å². The van der Waals surface area contributed by atoms with Gasteiger partial charge in [0.05, 0.1) is 0 Å². The number of aromatic amines is 1. The van der Waals surface area contributed by atoms with E-state index in [1.807, 2.05) is 6.07 Å². The Morgan fingerprint density at radius 2 is 2.12 bits per heavy atom. The molecule has 0 saturated carbocycles. The predicted molar refractivity (Wildman–Crippen MR) is 56.3 cm³/mol. The van der Waals surface area contributed by atoms with Gasteiger partial charge < -0.3 is 5.11 Å². The van der Waals surface area contributed by atoms with E-state index in [0.29, 0.717) is 5.56 Å². The number of rotatable bonds is 2. The van der Waals surface area contributed by atoms with Crippen molar-refractivity contribution in [3.8, 4) is 0 Å². The van der Waals surface area contributed by atoms with Gasteiger partial charge in [0.25, 0.3) is 0 Å². The summed E-state index contributed by atoms with van der Waals surface area (Å²) in [5, 5.41) is 16.1. The summed E-state index contributed by atoms with van der Waals surface area (Å²) < 4.78 is 13.7. The number of aromatic nitrogens is 3. The molecule has 4 nitrogen and oxygen atoms in total. The summed E-state index contributed by atoms with van der Waals surface area (Å²) in [5.41, 5.74) is 1.76. The van der Waals surface area contributed by atoms with Crippen molar-refractivity contribution in [1.82, 2.24) is 15.2 Å². The molecule has 0 saturated heterocycles. The molecule has 0 amide bonds. The Bertz CT molecular complexity index is 473. The van der Waals surface area contributed by atoms with Crippen molar-refractivity contribution in [1.29, 1.82) is 0 Å². The van der Waals surface area contributed by atoms with Crippen LogP contribution < -0.4 is 0 Å². The highest BCUT2D eigenvalue weighted by atomic mass is 19.1. The van der Waals surface area contributed by atoms with E-state index in [4.69, 9.17) is 0 Å². The molecule has 1 aromatic heterocycles. The zero-order valence-electron chi connectivity index (χ0n) is 9.03. The van der Waals surface area contributed by atoms with Gasteiger partial charge in [0.2, 0.25) is 0 Å². The largest absolute Gasteiger partial charge is 0.380 e. The fourth-order valence-corrected chi connectivity index (χ4v) is 1.76. The number of nitrogens with one attached hydrogen (secondary N) is 1. The maximum Gasteiger partial charge on any atom is 0.157 e. The first kappa shape index (κ1) is 10.8. The van der Waals surface area contributed by atoms with Gasteiger partial charge in [-0.15, -0.1) is 0 Å². The summed E-state index contributed by atoms with van der Waals surface area (Å²) in [6.07, 6.45) is 0.170. The first-order chi connectivity index (χ1) is 7.59. The number of halogens is 1. The van der Waals surface area contributed by atoms with E-state index >= 15 is 0 Å². The van der Waals surface area contributed by atoms with E-state index < -0.39 is 11.9 Å². The number of aliphatic hydroxyl groups is 1. The second-order valence-corrected chi connectivity index (χ2v) is 3.75. The van der Waals surface area contributed by atoms with Crippen LogP contribution in [0.3, 0.4) is 0 Å². The average Bonchev–Trinajstić information content (AvgIpc) is 2.67. The lowest BCUT2D eigenvalue weighted by atomic mass is 10.00. The minimum absolute atomic E-state index is 0.238. The van der Waals surface area contributed by atoms with E-state index in [2.05, 4.69) is 15.2 Å². The Kier molecular flexibility index (Phi) is 2.70. The molecular formula is C11H12FN3O. The Morgan fingerprint density at radius 3 is 2.69 bits per heavy atom. The van der Waals surface area contributed by atoms with Crippen LogP contribution in [0.1, 0.15) is 28.6 Å². The molecule has 2 N–H and O–H groups in total. The molecule has 0 radical (unpaired) electrons. The van der Waals surface area contributed by atoms with Gasteiger partial charge >= 0.3 is 0 Å². The quantitative estimate of drug-likeness (QED) is 0.810. The van der Waals surface area contributed by atoms with Crippen molar-refractivity contribution in [3.05, 3.63) is 46.8 Å². The van der Waals surface area contributed by atoms with Crippen LogP contribution >= 0.6 is 0 Å². The Balaban J connectivity index is 2.48. The topological polar surface area (TPSA) is 61.8 Å². The highest BCUT2D eigenvalue weighted by Gasteiger charge is 2.20. The lowest BCUT2D eigenvalue weighted by Crippen LogP contribution is -2.07. The van der Waals surface area contributed by atoms with Crippen LogP contribution in [0.5, 0.6) is 0 Å². The standard InChI is InChI=1S/C11H12FN3O/c1-6-3-7(2)9(8(12)4-6)10(16)11-13-5-14-15-11/h3-5,10,16H,1-2H3,(H,13,14,15). The van der Waals surface area contributed by atoms with E-state index in [9.17, 15) is 9.50 Å². The molecule has 2 rings (SSSR count). The molecule has 2 aromatic rings. The molecule has 0 aliphatic rings. The number of aryl methyl sites for hydroxylation is 2.